The molecule has 4 aromatic carbocycles. The molecule has 418 valence electrons. The Hall–Kier alpha value is -10.0. The number of rotatable bonds is 14. The molecule has 2 N–H and O–H groups in total. The van der Waals surface area contributed by atoms with Gasteiger partial charge in [-0.1, -0.05) is 110 Å². The minimum Gasteiger partial charge on any atom is -0.355 e. The maximum absolute atomic E-state index is 14.4. The van der Waals surface area contributed by atoms with Gasteiger partial charge in [-0.25, -0.2) is 9.97 Å². The Morgan fingerprint density at radius 2 is 0.952 bits per heavy atom. The smallest absolute Gasteiger partial charge is 0.293 e. The summed E-state index contributed by atoms with van der Waals surface area (Å²) >= 11 is 2.46. The molecule has 5 aromatic heterocycles. The number of allylic oxidation sites excluding steroid dienone is 4. The van der Waals surface area contributed by atoms with Crippen molar-refractivity contribution >= 4 is 102 Å². The molecule has 2 aliphatic rings. The Morgan fingerprint density at radius 3 is 1.37 bits per heavy atom. The Labute approximate surface area is 490 Å². The van der Waals surface area contributed by atoms with E-state index in [1.165, 1.54) is 34.8 Å². The van der Waals surface area contributed by atoms with Gasteiger partial charge in [0, 0.05) is 68.9 Å². The first kappa shape index (κ1) is 55.8. The summed E-state index contributed by atoms with van der Waals surface area (Å²) in [7, 11) is 0. The topological polar surface area (TPSA) is 212 Å². The zero-order valence-electron chi connectivity index (χ0n) is 46.9. The van der Waals surface area contributed by atoms with Crippen LogP contribution in [0, 0.1) is 47.9 Å². The molecule has 2 amide bonds. The molecule has 16 nitrogen and oxygen atoms in total. The molecule has 2 aliphatic heterocycles. The first-order valence-corrected chi connectivity index (χ1v) is 28.9. The molecule has 0 atom stereocenters. The third-order valence-corrected chi connectivity index (χ3v) is 17.1. The van der Waals surface area contributed by atoms with E-state index in [9.17, 15) is 29.8 Å². The lowest BCUT2D eigenvalue weighted by molar-refractivity contribution is -0.384. The van der Waals surface area contributed by atoms with Gasteiger partial charge in [0.05, 0.1) is 44.0 Å². The van der Waals surface area contributed by atoms with Crippen LogP contribution in [0.2, 0.25) is 0 Å². The Balaban J connectivity index is 1.03. The van der Waals surface area contributed by atoms with E-state index in [0.29, 0.717) is 56.7 Å². The van der Waals surface area contributed by atoms with Crippen molar-refractivity contribution in [3.05, 3.63) is 231 Å². The van der Waals surface area contributed by atoms with E-state index in [2.05, 4.69) is 39.2 Å². The lowest BCUT2D eigenvalue weighted by Crippen LogP contribution is -2.18. The predicted octanol–water partition coefficient (Wildman–Crippen LogP) is 15.4. The fourth-order valence-electron chi connectivity index (χ4n) is 11.1. The summed E-state index contributed by atoms with van der Waals surface area (Å²) in [5, 5.41) is 28.8. The third kappa shape index (κ3) is 10.5. The van der Waals surface area contributed by atoms with Crippen molar-refractivity contribution < 1.29 is 19.4 Å². The second kappa shape index (κ2) is 23.1. The average molecular weight is 1150 g/mol. The number of aromatic nitrogens is 6. The molecule has 84 heavy (non-hydrogen) atoms. The molecular weight excluding hydrogens is 1090 g/mol. The second-order valence-electron chi connectivity index (χ2n) is 20.6. The molecule has 0 saturated carbocycles. The number of fused-ring (bicyclic) bond motifs is 8. The van der Waals surface area contributed by atoms with Crippen LogP contribution in [0.15, 0.2) is 155 Å². The number of thiazole rings is 2. The Bertz CT molecular complexity index is 4660. The highest BCUT2D eigenvalue weighted by Crippen LogP contribution is 2.40. The summed E-state index contributed by atoms with van der Waals surface area (Å²) in [6.07, 6.45) is 4.04. The monoisotopic (exact) mass is 1150 g/mol. The number of benzene rings is 4. The van der Waals surface area contributed by atoms with E-state index in [1.807, 2.05) is 129 Å². The maximum Gasteiger partial charge on any atom is 0.293 e. The lowest BCUT2D eigenvalue weighted by atomic mass is 9.98. The van der Waals surface area contributed by atoms with Crippen molar-refractivity contribution in [3.63, 3.8) is 0 Å². The standard InChI is InChI=1S/C66H56N10O6S2/c1-9-45-39(5)49-31-50-41(7)47(27-29-61(77)71-65-73(59(35-83-65)43-21-13-11-14-22-43)63-37(3)19-17-25-57(63)75(79)80)55(69-50)34-56-48(42(8)52(70-56)33-54-46(10-2)40(6)51(68-54)32-53(45)67-49)28-30-62(78)72-66-74(60(36-84-66)44-23-15-12-16-24-44)64-38(4)20-18-26-58(64)76(81)82/h9-26,31-36,67-68H,1-2,27-30H2,3-8H3. The summed E-state index contributed by atoms with van der Waals surface area (Å²) in [5.41, 5.74) is 17.4. The van der Waals surface area contributed by atoms with Crippen LogP contribution in [0.4, 0.5) is 11.4 Å². The van der Waals surface area contributed by atoms with Crippen LogP contribution >= 0.6 is 22.7 Å². The number of nitrogens with zero attached hydrogens (tertiary/aromatic N) is 8. The molecule has 11 rings (SSSR count). The highest BCUT2D eigenvalue weighted by atomic mass is 32.1. The molecule has 0 radical (unpaired) electrons. The SMILES string of the molecule is C=Cc1c(C)c2cc3[nH]c(cc4nc(cc5nc(cc1[nH]2)C(C)=C5CCC(=O)N=c1scc(-c2ccccc2)n1-c1c(C)cccc1[N+](=O)[O-])C(CCC(=O)N=c1scc(-c2ccccc2)n1-c1c(C)cccc1[N+](=O)[O-])=C4C)c(C)c3C=C. The first-order chi connectivity index (χ1) is 40.5. The van der Waals surface area contributed by atoms with Crippen molar-refractivity contribution in [1.29, 1.82) is 0 Å². The molecular formula is C66H56N10O6S2. The van der Waals surface area contributed by atoms with Gasteiger partial charge in [0.1, 0.15) is 11.4 Å². The summed E-state index contributed by atoms with van der Waals surface area (Å²) in [4.78, 5) is 80.8. The van der Waals surface area contributed by atoms with Gasteiger partial charge in [0.15, 0.2) is 9.60 Å². The van der Waals surface area contributed by atoms with E-state index < -0.39 is 21.7 Å². The van der Waals surface area contributed by atoms with Gasteiger partial charge in [0.25, 0.3) is 11.4 Å². The van der Waals surface area contributed by atoms with Gasteiger partial charge in [0.2, 0.25) is 11.8 Å². The number of carbonyl (C=O) groups excluding carboxylic acids is 2. The van der Waals surface area contributed by atoms with E-state index in [1.54, 1.807) is 47.2 Å². The van der Waals surface area contributed by atoms with Crippen molar-refractivity contribution in [1.82, 2.24) is 29.1 Å². The normalized spacial score (nSPS) is 12.8. The zero-order valence-corrected chi connectivity index (χ0v) is 48.6. The molecule has 9 aromatic rings. The molecule has 0 unspecified atom stereocenters. The molecule has 0 fully saturated rings. The van der Waals surface area contributed by atoms with E-state index in [0.717, 1.165) is 77.7 Å². The molecule has 8 bridgehead atoms. The van der Waals surface area contributed by atoms with E-state index >= 15 is 0 Å². The highest BCUT2D eigenvalue weighted by Gasteiger charge is 2.27. The quantitative estimate of drug-likeness (QED) is 0.0787. The molecule has 0 aliphatic carbocycles. The summed E-state index contributed by atoms with van der Waals surface area (Å²) in [6.45, 7) is 20.0. The van der Waals surface area contributed by atoms with Gasteiger partial charge in [-0.15, -0.1) is 22.7 Å². The third-order valence-electron chi connectivity index (χ3n) is 15.5. The number of aromatic amines is 2. The number of amides is 2. The largest absolute Gasteiger partial charge is 0.355 e. The van der Waals surface area contributed by atoms with Gasteiger partial charge in [-0.2, -0.15) is 9.98 Å². The van der Waals surface area contributed by atoms with Crippen LogP contribution in [0.5, 0.6) is 0 Å². The van der Waals surface area contributed by atoms with Crippen LogP contribution < -0.4 is 9.60 Å². The number of nitrogens with one attached hydrogen (secondary N) is 2. The molecule has 18 heteroatoms. The van der Waals surface area contributed by atoms with Crippen LogP contribution in [-0.4, -0.2) is 50.7 Å². The number of aryl methyl sites for hydroxylation is 4. The molecule has 7 heterocycles. The number of nitro groups is 2. The van der Waals surface area contributed by atoms with Crippen molar-refractivity contribution in [2.75, 3.05) is 0 Å². The first-order valence-electron chi connectivity index (χ1n) is 27.1. The Kier molecular flexibility index (Phi) is 15.3. The van der Waals surface area contributed by atoms with Gasteiger partial charge in [-0.05, 0) is 134 Å². The summed E-state index contributed by atoms with van der Waals surface area (Å²) < 4.78 is 3.40. The van der Waals surface area contributed by atoms with E-state index in [-0.39, 0.29) is 46.7 Å². The number of H-pyrrole nitrogens is 2. The van der Waals surface area contributed by atoms with Crippen molar-refractivity contribution in [2.45, 2.75) is 67.2 Å². The van der Waals surface area contributed by atoms with Crippen molar-refractivity contribution in [2.24, 2.45) is 9.98 Å². The molecule has 0 saturated heterocycles. The predicted molar refractivity (Wildman–Crippen MR) is 336 cm³/mol. The zero-order chi connectivity index (χ0) is 59.1. The summed E-state index contributed by atoms with van der Waals surface area (Å²) in [6, 6.07) is 36.7. The highest BCUT2D eigenvalue weighted by molar-refractivity contribution is 7.07. The number of para-hydroxylation sites is 2. The number of hydrogen-bond donors (Lipinski definition) is 2. The van der Waals surface area contributed by atoms with Crippen LogP contribution in [0.25, 0.3) is 90.4 Å². The van der Waals surface area contributed by atoms with Crippen LogP contribution in [0.3, 0.4) is 0 Å². The van der Waals surface area contributed by atoms with Gasteiger partial charge in [-0.3, -0.25) is 39.0 Å². The number of carbonyl (C=O) groups is 2. The maximum atomic E-state index is 14.4. The van der Waals surface area contributed by atoms with Crippen LogP contribution in [0.1, 0.15) is 95.7 Å². The summed E-state index contributed by atoms with van der Waals surface area (Å²) in [5.74, 6) is -0.874. The second-order valence-corrected chi connectivity index (χ2v) is 22.2. The fraction of sp³-hybridized carbons (Fsp3) is 0.152. The van der Waals surface area contributed by atoms with Gasteiger partial charge < -0.3 is 9.97 Å². The number of nitro benzene ring substituents is 2. The van der Waals surface area contributed by atoms with Crippen LogP contribution in [-0.2, 0) is 9.59 Å². The van der Waals surface area contributed by atoms with Gasteiger partial charge >= 0.3 is 0 Å². The average Bonchev–Trinajstić information content (AvgIpc) is 3.55. The Morgan fingerprint density at radius 1 is 0.548 bits per heavy atom. The fourth-order valence-corrected chi connectivity index (χ4v) is 12.9. The lowest BCUT2D eigenvalue weighted by Gasteiger charge is -2.12. The number of hydrogen-bond acceptors (Lipinski definition) is 10. The molecule has 0 spiro atoms. The minimum atomic E-state index is -0.437. The van der Waals surface area contributed by atoms with E-state index in [4.69, 9.17) is 9.97 Å². The van der Waals surface area contributed by atoms with Crippen molar-refractivity contribution in [3.8, 4) is 33.9 Å². The minimum absolute atomic E-state index is 0.0309.